The highest BCUT2D eigenvalue weighted by atomic mass is 15.4. The smallest absolute Gasteiger partial charge is 0.231 e. The van der Waals surface area contributed by atoms with Gasteiger partial charge in [0, 0.05) is 88.2 Å². The Kier molecular flexibility index (Phi) is 8.19. The molecule has 3 unspecified atom stereocenters. The molecule has 276 valence electrons. The predicted octanol–water partition coefficient (Wildman–Crippen LogP) is 11.3. The highest BCUT2D eigenvalue weighted by Crippen LogP contribution is 2.50. The van der Waals surface area contributed by atoms with Crippen molar-refractivity contribution in [1.82, 2.24) is 14.3 Å². The summed E-state index contributed by atoms with van der Waals surface area (Å²) < 4.78 is 10.3. The van der Waals surface area contributed by atoms with E-state index in [0.717, 1.165) is 44.3 Å². The molecule has 5 nitrogen and oxygen atoms in total. The van der Waals surface area contributed by atoms with Crippen molar-refractivity contribution in [2.45, 2.75) is 129 Å². The molecule has 0 aliphatic carbocycles. The molecule has 0 spiro atoms. The van der Waals surface area contributed by atoms with Crippen LogP contribution in [0.1, 0.15) is 117 Å². The Morgan fingerprint density at radius 2 is 1.59 bits per heavy atom. The monoisotopic (exact) mass is 715 g/mol. The van der Waals surface area contributed by atoms with Crippen LogP contribution < -0.4 is 9.13 Å². The van der Waals surface area contributed by atoms with Crippen molar-refractivity contribution in [3.63, 3.8) is 0 Å². The highest BCUT2D eigenvalue weighted by molar-refractivity contribution is 6.10. The Labute approximate surface area is 321 Å². The summed E-state index contributed by atoms with van der Waals surface area (Å²) in [6.07, 6.45) is 10.00. The molecular weight excluding hydrogens is 659 g/mol. The first-order chi connectivity index (χ1) is 26.1. The number of aryl methyl sites for hydroxylation is 2. The largest absolute Gasteiger partial charge is 0.341 e. The average molecular weight is 716 g/mol. The second-order valence-electron chi connectivity index (χ2n) is 17.4. The van der Waals surface area contributed by atoms with E-state index in [9.17, 15) is 0 Å². The molecule has 0 amide bonds. The lowest BCUT2D eigenvalue weighted by Crippen LogP contribution is -2.71. The third kappa shape index (κ3) is 4.85. The van der Waals surface area contributed by atoms with Crippen LogP contribution in [0.15, 0.2) is 97.2 Å². The Morgan fingerprint density at radius 1 is 0.796 bits per heavy atom. The number of benzene rings is 3. The summed E-state index contributed by atoms with van der Waals surface area (Å²) in [5, 5.41) is 9.52. The van der Waals surface area contributed by atoms with Crippen LogP contribution in [0.5, 0.6) is 0 Å². The van der Waals surface area contributed by atoms with Crippen molar-refractivity contribution in [2.75, 3.05) is 0 Å². The topological polar surface area (TPSA) is 30.5 Å². The van der Waals surface area contributed by atoms with Gasteiger partial charge in [0.2, 0.25) is 16.9 Å². The predicted molar refractivity (Wildman–Crippen MR) is 223 cm³/mol. The molecule has 0 saturated heterocycles. The maximum absolute atomic E-state index is 5.47. The lowest BCUT2D eigenvalue weighted by molar-refractivity contribution is -0.776. The number of pyridine rings is 2. The van der Waals surface area contributed by atoms with Gasteiger partial charge >= 0.3 is 0 Å². The van der Waals surface area contributed by atoms with Gasteiger partial charge in [0.15, 0.2) is 17.8 Å². The van der Waals surface area contributed by atoms with Crippen molar-refractivity contribution in [3.05, 3.63) is 114 Å². The summed E-state index contributed by atoms with van der Waals surface area (Å²) in [5.41, 5.74) is 12.9. The molecule has 0 radical (unpaired) electrons. The first-order valence-corrected chi connectivity index (χ1v) is 20.7. The van der Waals surface area contributed by atoms with E-state index in [0.29, 0.717) is 0 Å². The fourth-order valence-electron chi connectivity index (χ4n) is 10.5. The standard InChI is InChI=1S/C49H57N5/c1-9-13-18-33-22-24-35-36-30-37-38(31-44(36)51(12-4)43(35)29-33)40-25-23-34-19-14-15-20-39(34)53(40)41(37)26-27-49(11-3)48(8,10-2)54-45(32-46(50-54)47(5,6)7)42-21-16-17-28-52(42)49/h14-17,19-25,28-32,41H,9-13,18,26-27H2,1-8H3/q+2. The van der Waals surface area contributed by atoms with Crippen LogP contribution in [0.4, 0.5) is 0 Å². The summed E-state index contributed by atoms with van der Waals surface area (Å²) in [7, 11) is 0. The van der Waals surface area contributed by atoms with Gasteiger partial charge < -0.3 is 4.57 Å². The molecule has 7 aromatic rings. The maximum Gasteiger partial charge on any atom is 0.231 e. The van der Waals surface area contributed by atoms with Gasteiger partial charge in [-0.2, -0.15) is 14.2 Å². The highest BCUT2D eigenvalue weighted by Gasteiger charge is 2.61. The van der Waals surface area contributed by atoms with Crippen molar-refractivity contribution in [2.24, 2.45) is 0 Å². The second kappa shape index (κ2) is 12.6. The van der Waals surface area contributed by atoms with Crippen molar-refractivity contribution < 1.29 is 9.13 Å². The van der Waals surface area contributed by atoms with E-state index >= 15 is 0 Å². The van der Waals surface area contributed by atoms with E-state index < -0.39 is 0 Å². The van der Waals surface area contributed by atoms with Gasteiger partial charge in [-0.25, -0.2) is 4.68 Å². The fourth-order valence-corrected chi connectivity index (χ4v) is 10.5. The number of hydrogen-bond donors (Lipinski definition) is 0. The maximum atomic E-state index is 5.47. The zero-order valence-electron chi connectivity index (χ0n) is 33.7. The summed E-state index contributed by atoms with van der Waals surface area (Å²) in [6, 6.07) is 35.4. The lowest BCUT2D eigenvalue weighted by atomic mass is 9.68. The molecule has 0 N–H and O–H groups in total. The van der Waals surface area contributed by atoms with Crippen LogP contribution in [0.3, 0.4) is 0 Å². The zero-order valence-corrected chi connectivity index (χ0v) is 33.7. The SMILES string of the molecule is CCCCc1ccc2c3cc4c(cc3n(CC)c2c1)-c1ccc2ccccc2[n+]1C4CCC1(CC)[n+]2ccccc2-c2cc(C(C)(C)C)nn2C1(C)CC. The molecule has 4 aromatic heterocycles. The second-order valence-corrected chi connectivity index (χ2v) is 17.4. The quantitative estimate of drug-likeness (QED) is 0.137. The van der Waals surface area contributed by atoms with E-state index in [4.69, 9.17) is 5.10 Å². The molecule has 2 aliphatic heterocycles. The number of hydrogen-bond acceptors (Lipinski definition) is 1. The molecule has 0 bridgehead atoms. The fraction of sp³-hybridized carbons (Fsp3) is 0.408. The van der Waals surface area contributed by atoms with Crippen LogP contribution in [-0.2, 0) is 29.5 Å². The van der Waals surface area contributed by atoms with Gasteiger partial charge in [0.1, 0.15) is 11.2 Å². The van der Waals surface area contributed by atoms with Gasteiger partial charge in [-0.1, -0.05) is 72.2 Å². The summed E-state index contributed by atoms with van der Waals surface area (Å²) >= 11 is 0. The number of nitrogens with zero attached hydrogens (tertiary/aromatic N) is 5. The van der Waals surface area contributed by atoms with Crippen LogP contribution in [0, 0.1) is 0 Å². The molecule has 3 atom stereocenters. The van der Waals surface area contributed by atoms with E-state index in [1.54, 1.807) is 0 Å². The van der Waals surface area contributed by atoms with Crippen LogP contribution in [0.2, 0.25) is 0 Å². The van der Waals surface area contributed by atoms with Gasteiger partial charge in [0.25, 0.3) is 0 Å². The molecule has 0 fully saturated rings. The van der Waals surface area contributed by atoms with Crippen LogP contribution in [-0.4, -0.2) is 14.3 Å². The van der Waals surface area contributed by atoms with Crippen LogP contribution >= 0.6 is 0 Å². The van der Waals surface area contributed by atoms with E-state index in [2.05, 4.69) is 171 Å². The van der Waals surface area contributed by atoms with Crippen molar-refractivity contribution in [3.8, 4) is 22.6 Å². The van der Waals surface area contributed by atoms with Gasteiger partial charge in [-0.05, 0) is 81.1 Å². The minimum absolute atomic E-state index is 0.0360. The molecule has 9 rings (SSSR count). The normalized spacial score (nSPS) is 20.4. The molecule has 2 aliphatic rings. The first kappa shape index (κ1) is 35.0. The van der Waals surface area contributed by atoms with Crippen molar-refractivity contribution >= 4 is 32.7 Å². The molecule has 5 heteroatoms. The Hall–Kier alpha value is -4.77. The van der Waals surface area contributed by atoms with E-state index in [-0.39, 0.29) is 22.5 Å². The minimum atomic E-state index is -0.221. The number of para-hydroxylation sites is 1. The molecule has 54 heavy (non-hydrogen) atoms. The Balaban J connectivity index is 1.23. The lowest BCUT2D eigenvalue weighted by Gasteiger charge is -2.47. The number of aromatic nitrogens is 5. The van der Waals surface area contributed by atoms with Crippen LogP contribution in [0.25, 0.3) is 55.4 Å². The van der Waals surface area contributed by atoms with E-state index in [1.165, 1.54) is 79.3 Å². The molecule has 6 heterocycles. The third-order valence-electron chi connectivity index (χ3n) is 13.7. The minimum Gasteiger partial charge on any atom is -0.341 e. The molecule has 0 saturated carbocycles. The Bertz CT molecular complexity index is 2580. The first-order valence-electron chi connectivity index (χ1n) is 20.7. The van der Waals surface area contributed by atoms with E-state index in [1.807, 2.05) is 0 Å². The number of unbranched alkanes of at least 4 members (excludes halogenated alkanes) is 1. The van der Waals surface area contributed by atoms with Crippen molar-refractivity contribution in [1.29, 1.82) is 0 Å². The Morgan fingerprint density at radius 3 is 2.35 bits per heavy atom. The third-order valence-corrected chi connectivity index (χ3v) is 13.7. The molecular formula is C49H57N5+2. The van der Waals surface area contributed by atoms with Gasteiger partial charge in [0.05, 0.1) is 11.3 Å². The number of fused-ring (bicyclic) bond motifs is 11. The van der Waals surface area contributed by atoms with Gasteiger partial charge in [-0.3, -0.25) is 0 Å². The van der Waals surface area contributed by atoms with Gasteiger partial charge in [-0.15, -0.1) is 0 Å². The summed E-state index contributed by atoms with van der Waals surface area (Å²) in [6.45, 7) is 19.7. The molecule has 3 aromatic carbocycles. The number of rotatable bonds is 9. The average Bonchev–Trinajstić information content (AvgIpc) is 3.87. The summed E-state index contributed by atoms with van der Waals surface area (Å²) in [4.78, 5) is 0. The summed E-state index contributed by atoms with van der Waals surface area (Å²) in [5.74, 6) is 0. The zero-order chi connectivity index (χ0) is 37.6.